The van der Waals surface area contributed by atoms with Crippen LogP contribution in [0.5, 0.6) is 11.5 Å². The number of ether oxygens (including phenoxy) is 2. The Morgan fingerprint density at radius 2 is 1.94 bits per heavy atom. The molecule has 0 bridgehead atoms. The van der Waals surface area contributed by atoms with Gasteiger partial charge in [-0.2, -0.15) is 0 Å². The first-order chi connectivity index (χ1) is 14.9. The van der Waals surface area contributed by atoms with Crippen LogP contribution in [0.15, 0.2) is 42.6 Å². The standard InChI is InChI=1S/C22H20ClIN2O5/c1-2-7-30-18-6-3-13(8-19(18)31-20(27)10-23)11-25-12-17-16-9-14(24)4-5-15(16)21(28)26-22(17)29/h3-6,8-9,12,25H,2,7,10-11H2,1H3,(H,26,28,29). The SMILES string of the molecule is CCCOc1ccc(CNC=C2C(=O)NC(=O)c3ccc(I)cc32)cc1OC(=O)CCl. The number of esters is 1. The van der Waals surface area contributed by atoms with Gasteiger partial charge in [-0.05, 0) is 64.9 Å². The zero-order valence-corrected chi connectivity index (χ0v) is 19.6. The van der Waals surface area contributed by atoms with Gasteiger partial charge in [-0.25, -0.2) is 0 Å². The van der Waals surface area contributed by atoms with E-state index in [1.54, 1.807) is 30.5 Å². The molecule has 2 aromatic rings. The van der Waals surface area contributed by atoms with Crippen LogP contribution in [-0.2, 0) is 16.1 Å². The Bertz CT molecular complexity index is 1050. The van der Waals surface area contributed by atoms with Crippen molar-refractivity contribution in [3.63, 3.8) is 0 Å². The summed E-state index contributed by atoms with van der Waals surface area (Å²) in [6.45, 7) is 2.81. The minimum atomic E-state index is -0.579. The molecule has 2 N–H and O–H groups in total. The Hall–Kier alpha value is -2.59. The molecule has 9 heteroatoms. The number of halogens is 2. The second kappa shape index (κ2) is 10.6. The molecule has 1 aliphatic heterocycles. The molecule has 1 heterocycles. The topological polar surface area (TPSA) is 93.7 Å². The van der Waals surface area contributed by atoms with E-state index >= 15 is 0 Å². The van der Waals surface area contributed by atoms with Gasteiger partial charge in [0.15, 0.2) is 11.5 Å². The average molecular weight is 555 g/mol. The van der Waals surface area contributed by atoms with Crippen LogP contribution in [0.1, 0.15) is 34.8 Å². The lowest BCUT2D eigenvalue weighted by atomic mass is 9.95. The number of rotatable bonds is 8. The number of carbonyl (C=O) groups excluding carboxylic acids is 3. The quantitative estimate of drug-likeness (QED) is 0.129. The van der Waals surface area contributed by atoms with Crippen LogP contribution in [-0.4, -0.2) is 30.3 Å². The van der Waals surface area contributed by atoms with Gasteiger partial charge >= 0.3 is 5.97 Å². The molecule has 0 fully saturated rings. The van der Waals surface area contributed by atoms with Crippen LogP contribution in [0.2, 0.25) is 0 Å². The van der Waals surface area contributed by atoms with Gasteiger partial charge in [0.05, 0.1) is 12.2 Å². The fourth-order valence-corrected chi connectivity index (χ4v) is 3.48. The fourth-order valence-electron chi connectivity index (χ4n) is 2.94. The molecule has 7 nitrogen and oxygen atoms in total. The highest BCUT2D eigenvalue weighted by molar-refractivity contribution is 14.1. The van der Waals surface area contributed by atoms with Crippen LogP contribution < -0.4 is 20.1 Å². The zero-order valence-electron chi connectivity index (χ0n) is 16.7. The van der Waals surface area contributed by atoms with E-state index in [1.165, 1.54) is 0 Å². The van der Waals surface area contributed by atoms with Crippen molar-refractivity contribution in [3.8, 4) is 11.5 Å². The predicted molar refractivity (Wildman–Crippen MR) is 125 cm³/mol. The van der Waals surface area contributed by atoms with Crippen LogP contribution >= 0.6 is 34.2 Å². The van der Waals surface area contributed by atoms with E-state index in [0.29, 0.717) is 35.6 Å². The van der Waals surface area contributed by atoms with E-state index in [0.717, 1.165) is 15.6 Å². The fraction of sp³-hybridized carbons (Fsp3) is 0.227. The minimum Gasteiger partial charge on any atom is -0.490 e. The molecule has 0 unspecified atom stereocenters. The van der Waals surface area contributed by atoms with Gasteiger partial charge in [-0.1, -0.05) is 13.0 Å². The number of nitrogens with one attached hydrogen (secondary N) is 2. The Kier molecular flexibility index (Phi) is 7.91. The van der Waals surface area contributed by atoms with Crippen LogP contribution in [0.25, 0.3) is 5.57 Å². The van der Waals surface area contributed by atoms with Crippen LogP contribution in [0, 0.1) is 3.57 Å². The van der Waals surface area contributed by atoms with Crippen molar-refractivity contribution in [2.75, 3.05) is 12.5 Å². The third-order valence-electron chi connectivity index (χ3n) is 4.34. The van der Waals surface area contributed by atoms with Gasteiger partial charge in [-0.3, -0.25) is 19.7 Å². The third kappa shape index (κ3) is 5.76. The normalized spacial score (nSPS) is 14.1. The number of imide groups is 1. The van der Waals surface area contributed by atoms with Gasteiger partial charge in [0.1, 0.15) is 5.88 Å². The molecule has 1 aliphatic rings. The second-order valence-corrected chi connectivity index (χ2v) is 8.16. The lowest BCUT2D eigenvalue weighted by Crippen LogP contribution is -2.37. The molecular weight excluding hydrogens is 535 g/mol. The first kappa shape index (κ1) is 23.1. The highest BCUT2D eigenvalue weighted by Crippen LogP contribution is 2.29. The molecule has 0 saturated heterocycles. The smallest absolute Gasteiger partial charge is 0.326 e. The average Bonchev–Trinajstić information content (AvgIpc) is 2.75. The van der Waals surface area contributed by atoms with Gasteiger partial charge in [-0.15, -0.1) is 11.6 Å². The molecular formula is C22H20ClIN2O5. The lowest BCUT2D eigenvalue weighted by Gasteiger charge is -2.18. The van der Waals surface area contributed by atoms with Gasteiger partial charge in [0.2, 0.25) is 0 Å². The second-order valence-electron chi connectivity index (χ2n) is 6.65. The highest BCUT2D eigenvalue weighted by Gasteiger charge is 2.27. The summed E-state index contributed by atoms with van der Waals surface area (Å²) in [5, 5.41) is 5.43. The van der Waals surface area contributed by atoms with Gasteiger partial charge in [0, 0.05) is 27.4 Å². The van der Waals surface area contributed by atoms with E-state index in [4.69, 9.17) is 21.1 Å². The summed E-state index contributed by atoms with van der Waals surface area (Å²) in [6.07, 6.45) is 2.38. The summed E-state index contributed by atoms with van der Waals surface area (Å²) >= 11 is 7.68. The molecule has 31 heavy (non-hydrogen) atoms. The third-order valence-corrected chi connectivity index (χ3v) is 5.23. The molecule has 2 aromatic carbocycles. The number of benzene rings is 2. The Labute approximate surface area is 198 Å². The molecule has 0 spiro atoms. The molecule has 0 saturated carbocycles. The Balaban J connectivity index is 1.80. The van der Waals surface area contributed by atoms with Crippen molar-refractivity contribution < 1.29 is 23.9 Å². The maximum Gasteiger partial charge on any atom is 0.326 e. The van der Waals surface area contributed by atoms with Crippen molar-refractivity contribution in [1.82, 2.24) is 10.6 Å². The summed E-state index contributed by atoms with van der Waals surface area (Å²) < 4.78 is 11.8. The van der Waals surface area contributed by atoms with E-state index in [-0.39, 0.29) is 11.6 Å². The van der Waals surface area contributed by atoms with Crippen LogP contribution in [0.4, 0.5) is 0 Å². The number of carbonyl (C=O) groups is 3. The maximum atomic E-state index is 12.3. The zero-order chi connectivity index (χ0) is 22.4. The van der Waals surface area contributed by atoms with Gasteiger partial charge < -0.3 is 14.8 Å². The number of hydrogen-bond donors (Lipinski definition) is 2. The van der Waals surface area contributed by atoms with Gasteiger partial charge in [0.25, 0.3) is 11.8 Å². The molecule has 162 valence electrons. The van der Waals surface area contributed by atoms with E-state index in [9.17, 15) is 14.4 Å². The number of hydrogen-bond acceptors (Lipinski definition) is 6. The number of amides is 2. The van der Waals surface area contributed by atoms with Crippen molar-refractivity contribution in [3.05, 3.63) is 62.9 Å². The van der Waals surface area contributed by atoms with Crippen molar-refractivity contribution in [1.29, 1.82) is 0 Å². The lowest BCUT2D eigenvalue weighted by molar-refractivity contribution is -0.131. The Morgan fingerprint density at radius 1 is 1.13 bits per heavy atom. The molecule has 0 atom stereocenters. The Morgan fingerprint density at radius 3 is 2.68 bits per heavy atom. The molecule has 3 rings (SSSR count). The monoisotopic (exact) mass is 554 g/mol. The van der Waals surface area contributed by atoms with E-state index in [1.807, 2.05) is 19.1 Å². The highest BCUT2D eigenvalue weighted by atomic mass is 127. The molecule has 2 amide bonds. The van der Waals surface area contributed by atoms with Crippen molar-refractivity contribution >= 4 is 57.5 Å². The maximum absolute atomic E-state index is 12.3. The molecule has 0 radical (unpaired) electrons. The predicted octanol–water partition coefficient (Wildman–Crippen LogP) is 3.62. The summed E-state index contributed by atoms with van der Waals surface area (Å²) in [5.74, 6) is -0.990. The summed E-state index contributed by atoms with van der Waals surface area (Å²) in [7, 11) is 0. The minimum absolute atomic E-state index is 0.270. The summed E-state index contributed by atoms with van der Waals surface area (Å²) in [6, 6.07) is 10.5. The first-order valence-corrected chi connectivity index (χ1v) is 11.2. The number of alkyl halides is 1. The number of fused-ring (bicyclic) bond motifs is 1. The van der Waals surface area contributed by atoms with Crippen LogP contribution in [0.3, 0.4) is 0 Å². The van der Waals surface area contributed by atoms with E-state index in [2.05, 4.69) is 33.2 Å². The van der Waals surface area contributed by atoms with Crippen molar-refractivity contribution in [2.24, 2.45) is 0 Å². The summed E-state index contributed by atoms with van der Waals surface area (Å²) in [5.41, 5.74) is 2.19. The van der Waals surface area contributed by atoms with E-state index < -0.39 is 17.8 Å². The van der Waals surface area contributed by atoms with Crippen molar-refractivity contribution in [2.45, 2.75) is 19.9 Å². The first-order valence-electron chi connectivity index (χ1n) is 9.54. The largest absolute Gasteiger partial charge is 0.490 e. The molecule has 0 aromatic heterocycles. The summed E-state index contributed by atoms with van der Waals surface area (Å²) in [4.78, 5) is 36.0. The molecule has 0 aliphatic carbocycles.